The van der Waals surface area contributed by atoms with Gasteiger partial charge in [0.05, 0.1) is 11.4 Å². The van der Waals surface area contributed by atoms with Gasteiger partial charge in [-0.2, -0.15) is 5.10 Å². The van der Waals surface area contributed by atoms with Crippen molar-refractivity contribution in [2.24, 2.45) is 5.73 Å². The van der Waals surface area contributed by atoms with Gasteiger partial charge in [-0.25, -0.2) is 4.68 Å². The van der Waals surface area contributed by atoms with Crippen molar-refractivity contribution in [3.63, 3.8) is 0 Å². The Kier molecular flexibility index (Phi) is 5.97. The van der Waals surface area contributed by atoms with E-state index in [0.29, 0.717) is 6.42 Å². The molecule has 0 fully saturated rings. The average molecular weight is 286 g/mol. The quantitative estimate of drug-likeness (QED) is 0.733. The first-order chi connectivity index (χ1) is 10.3. The minimum atomic E-state index is 0.0438. The zero-order valence-electron chi connectivity index (χ0n) is 12.2. The van der Waals surface area contributed by atoms with E-state index in [0.717, 1.165) is 43.6 Å². The largest absolute Gasteiger partial charge is 0.330 e. The Balaban J connectivity index is 1.89. The number of anilines is 1. The molecule has 0 aliphatic rings. The third-order valence-electron chi connectivity index (χ3n) is 3.29. The van der Waals surface area contributed by atoms with Crippen molar-refractivity contribution in [1.82, 2.24) is 9.78 Å². The number of unbranched alkanes of at least 4 members (excludes halogenated alkanes) is 3. The molecule has 1 amide bonds. The number of para-hydroxylation sites is 2. The monoisotopic (exact) mass is 286 g/mol. The van der Waals surface area contributed by atoms with Gasteiger partial charge in [0.25, 0.3) is 0 Å². The second-order valence-corrected chi connectivity index (χ2v) is 4.97. The van der Waals surface area contributed by atoms with Crippen LogP contribution in [-0.2, 0) is 4.79 Å². The lowest BCUT2D eigenvalue weighted by Crippen LogP contribution is -2.13. The Morgan fingerprint density at radius 2 is 1.95 bits per heavy atom. The lowest BCUT2D eigenvalue weighted by Gasteiger charge is -2.11. The number of hydrogen-bond acceptors (Lipinski definition) is 3. The van der Waals surface area contributed by atoms with Crippen molar-refractivity contribution in [1.29, 1.82) is 0 Å². The first-order valence-corrected chi connectivity index (χ1v) is 7.40. The molecular weight excluding hydrogens is 264 g/mol. The average Bonchev–Trinajstić information content (AvgIpc) is 3.02. The Morgan fingerprint density at radius 3 is 2.71 bits per heavy atom. The first kappa shape index (κ1) is 15.3. The van der Waals surface area contributed by atoms with E-state index in [1.54, 1.807) is 10.9 Å². The molecule has 0 aliphatic heterocycles. The fourth-order valence-electron chi connectivity index (χ4n) is 2.19. The second-order valence-electron chi connectivity index (χ2n) is 4.97. The second kappa shape index (κ2) is 8.21. The molecule has 0 bridgehead atoms. The number of amides is 1. The maximum Gasteiger partial charge on any atom is 0.224 e. The van der Waals surface area contributed by atoms with Gasteiger partial charge in [0.2, 0.25) is 5.91 Å². The fourth-order valence-corrected chi connectivity index (χ4v) is 2.19. The number of aromatic nitrogens is 2. The van der Waals surface area contributed by atoms with Gasteiger partial charge in [0.15, 0.2) is 0 Å². The highest BCUT2D eigenvalue weighted by atomic mass is 16.1. The maximum atomic E-state index is 12.0. The van der Waals surface area contributed by atoms with Gasteiger partial charge < -0.3 is 11.1 Å². The number of carbonyl (C=O) groups excluding carboxylic acids is 1. The van der Waals surface area contributed by atoms with Crippen LogP contribution in [0.5, 0.6) is 0 Å². The van der Waals surface area contributed by atoms with Crippen LogP contribution in [0.25, 0.3) is 5.69 Å². The SMILES string of the molecule is NCCCCCCC(=O)Nc1ccccc1-n1cccn1. The summed E-state index contributed by atoms with van der Waals surface area (Å²) in [4.78, 5) is 12.0. The van der Waals surface area contributed by atoms with Crippen LogP contribution in [-0.4, -0.2) is 22.2 Å². The van der Waals surface area contributed by atoms with E-state index in [1.165, 1.54) is 0 Å². The molecule has 1 aromatic heterocycles. The predicted molar refractivity (Wildman–Crippen MR) is 84.3 cm³/mol. The van der Waals surface area contributed by atoms with Crippen LogP contribution in [0.3, 0.4) is 0 Å². The van der Waals surface area contributed by atoms with E-state index in [4.69, 9.17) is 5.73 Å². The van der Waals surface area contributed by atoms with E-state index in [-0.39, 0.29) is 5.91 Å². The van der Waals surface area contributed by atoms with Crippen molar-refractivity contribution < 1.29 is 4.79 Å². The molecule has 0 atom stereocenters. The van der Waals surface area contributed by atoms with Crippen molar-refractivity contribution in [2.75, 3.05) is 11.9 Å². The molecular formula is C16H22N4O. The highest BCUT2D eigenvalue weighted by molar-refractivity contribution is 5.92. The molecule has 0 unspecified atom stereocenters. The molecule has 0 saturated heterocycles. The number of carbonyl (C=O) groups is 1. The van der Waals surface area contributed by atoms with Crippen LogP contribution in [0.15, 0.2) is 42.7 Å². The van der Waals surface area contributed by atoms with Crippen molar-refractivity contribution >= 4 is 11.6 Å². The molecule has 1 aromatic carbocycles. The summed E-state index contributed by atoms with van der Waals surface area (Å²) >= 11 is 0. The molecule has 5 heteroatoms. The molecule has 112 valence electrons. The highest BCUT2D eigenvalue weighted by Crippen LogP contribution is 2.19. The van der Waals surface area contributed by atoms with Crippen molar-refractivity contribution in [2.45, 2.75) is 32.1 Å². The van der Waals surface area contributed by atoms with Crippen LogP contribution >= 0.6 is 0 Å². The van der Waals surface area contributed by atoms with Crippen LogP contribution in [0.4, 0.5) is 5.69 Å². The molecule has 0 saturated carbocycles. The molecule has 0 radical (unpaired) electrons. The molecule has 21 heavy (non-hydrogen) atoms. The minimum Gasteiger partial charge on any atom is -0.330 e. The third-order valence-corrected chi connectivity index (χ3v) is 3.29. The number of nitrogens with one attached hydrogen (secondary N) is 1. The predicted octanol–water partition coefficient (Wildman–Crippen LogP) is 2.72. The normalized spacial score (nSPS) is 10.5. The minimum absolute atomic E-state index is 0.0438. The zero-order valence-corrected chi connectivity index (χ0v) is 12.2. The number of benzene rings is 1. The van der Waals surface area contributed by atoms with E-state index in [9.17, 15) is 4.79 Å². The Morgan fingerprint density at radius 1 is 1.14 bits per heavy atom. The topological polar surface area (TPSA) is 72.9 Å². The van der Waals surface area contributed by atoms with Gasteiger partial charge in [-0.1, -0.05) is 25.0 Å². The first-order valence-electron chi connectivity index (χ1n) is 7.40. The van der Waals surface area contributed by atoms with E-state index in [1.807, 2.05) is 36.5 Å². The summed E-state index contributed by atoms with van der Waals surface area (Å²) < 4.78 is 1.75. The van der Waals surface area contributed by atoms with Crippen LogP contribution in [0.2, 0.25) is 0 Å². The number of rotatable bonds is 8. The van der Waals surface area contributed by atoms with Gasteiger partial charge in [-0.3, -0.25) is 4.79 Å². The highest BCUT2D eigenvalue weighted by Gasteiger charge is 2.07. The molecule has 0 aliphatic carbocycles. The van der Waals surface area contributed by atoms with Crippen LogP contribution in [0.1, 0.15) is 32.1 Å². The number of hydrogen-bond donors (Lipinski definition) is 2. The summed E-state index contributed by atoms with van der Waals surface area (Å²) in [6, 6.07) is 9.52. The van der Waals surface area contributed by atoms with E-state index in [2.05, 4.69) is 10.4 Å². The smallest absolute Gasteiger partial charge is 0.224 e. The third kappa shape index (κ3) is 4.72. The Bertz CT molecular complexity index is 551. The lowest BCUT2D eigenvalue weighted by molar-refractivity contribution is -0.116. The van der Waals surface area contributed by atoms with Gasteiger partial charge in [0.1, 0.15) is 0 Å². The number of nitrogens with two attached hydrogens (primary N) is 1. The van der Waals surface area contributed by atoms with Crippen LogP contribution < -0.4 is 11.1 Å². The molecule has 0 spiro atoms. The summed E-state index contributed by atoms with van der Waals surface area (Å²) in [5, 5.41) is 7.17. The Hall–Kier alpha value is -2.14. The summed E-state index contributed by atoms with van der Waals surface area (Å²) in [6.45, 7) is 0.726. The molecule has 2 aromatic rings. The van der Waals surface area contributed by atoms with Gasteiger partial charge in [-0.15, -0.1) is 0 Å². The summed E-state index contributed by atoms with van der Waals surface area (Å²) in [6.07, 6.45) is 8.18. The van der Waals surface area contributed by atoms with E-state index >= 15 is 0 Å². The standard InChI is InChI=1S/C16H22N4O/c17-11-6-2-1-3-10-16(21)19-14-8-4-5-9-15(14)20-13-7-12-18-20/h4-5,7-9,12-13H,1-3,6,10-11,17H2,(H,19,21). The summed E-state index contributed by atoms with van der Waals surface area (Å²) in [5.74, 6) is 0.0438. The van der Waals surface area contributed by atoms with Crippen molar-refractivity contribution in [3.05, 3.63) is 42.7 Å². The maximum absolute atomic E-state index is 12.0. The molecule has 3 N–H and O–H groups in total. The number of nitrogens with zero attached hydrogens (tertiary/aromatic N) is 2. The molecule has 2 rings (SSSR count). The molecule has 5 nitrogen and oxygen atoms in total. The van der Waals surface area contributed by atoms with Gasteiger partial charge in [0, 0.05) is 18.8 Å². The lowest BCUT2D eigenvalue weighted by atomic mass is 10.1. The van der Waals surface area contributed by atoms with Crippen LogP contribution in [0, 0.1) is 0 Å². The fraction of sp³-hybridized carbons (Fsp3) is 0.375. The Labute approximate surface area is 125 Å². The van der Waals surface area contributed by atoms with Gasteiger partial charge in [-0.05, 0) is 37.6 Å². The van der Waals surface area contributed by atoms with E-state index < -0.39 is 0 Å². The van der Waals surface area contributed by atoms with Crippen molar-refractivity contribution in [3.8, 4) is 5.69 Å². The van der Waals surface area contributed by atoms with Gasteiger partial charge >= 0.3 is 0 Å². The zero-order chi connectivity index (χ0) is 14.9. The summed E-state index contributed by atoms with van der Waals surface area (Å²) in [7, 11) is 0. The molecule has 1 heterocycles. The summed E-state index contributed by atoms with van der Waals surface area (Å²) in [5.41, 5.74) is 7.11.